The molecule has 3 aromatic heterocycles. The summed E-state index contributed by atoms with van der Waals surface area (Å²) in [6.45, 7) is 6.75. The van der Waals surface area contributed by atoms with Crippen molar-refractivity contribution in [2.75, 3.05) is 6.54 Å². The molecular formula is C37H42N6O2S. The van der Waals surface area contributed by atoms with E-state index < -0.39 is 11.1 Å². The standard InChI is InChI=1S/C37H42N6O2S/c1-36(2,3)45-35(44)43-37(17-5-4-6-18-37)34-40-26-13-11-24(21-29(26)41-34)31-16-15-30(46-31)23-9-12-25-22(20-23)10-14-27-32(25)42-33(39-27)28-8-7-19-38-28/h9,11-13,15-16,20-21,28,38H,4-8,10,14,17-19H2,1-3H3,(H,39,42)(H,40,41)(H,43,44). The molecule has 0 spiro atoms. The lowest BCUT2D eigenvalue weighted by Gasteiger charge is -2.36. The van der Waals surface area contributed by atoms with Crippen LogP contribution >= 0.6 is 11.3 Å². The minimum atomic E-state index is -0.555. The number of amides is 1. The first kappa shape index (κ1) is 29.5. The number of alkyl carbamates (subject to hydrolysis) is 1. The van der Waals surface area contributed by atoms with Gasteiger partial charge in [0.25, 0.3) is 0 Å². The third kappa shape index (κ3) is 5.53. The van der Waals surface area contributed by atoms with Gasteiger partial charge in [0, 0.05) is 21.0 Å². The van der Waals surface area contributed by atoms with Crippen LogP contribution in [0.25, 0.3) is 43.2 Å². The van der Waals surface area contributed by atoms with Crippen molar-refractivity contribution in [2.24, 2.45) is 0 Å². The van der Waals surface area contributed by atoms with Crippen molar-refractivity contribution in [3.05, 3.63) is 71.4 Å². The van der Waals surface area contributed by atoms with Crippen LogP contribution in [0.2, 0.25) is 0 Å². The molecule has 4 N–H and O–H groups in total. The summed E-state index contributed by atoms with van der Waals surface area (Å²) in [6, 6.07) is 18.1. The highest BCUT2D eigenvalue weighted by Gasteiger charge is 2.39. The van der Waals surface area contributed by atoms with Crippen molar-refractivity contribution >= 4 is 28.5 Å². The van der Waals surface area contributed by atoms with Crippen molar-refractivity contribution < 1.29 is 9.53 Å². The molecule has 238 valence electrons. The number of rotatable bonds is 5. The zero-order valence-electron chi connectivity index (χ0n) is 26.9. The number of aryl methyl sites for hydroxylation is 2. The maximum absolute atomic E-state index is 12.9. The number of hydrogen-bond donors (Lipinski definition) is 4. The molecule has 2 fully saturated rings. The lowest BCUT2D eigenvalue weighted by Crippen LogP contribution is -2.49. The molecule has 8 nitrogen and oxygen atoms in total. The minimum Gasteiger partial charge on any atom is -0.444 e. The van der Waals surface area contributed by atoms with Crippen molar-refractivity contribution in [1.82, 2.24) is 30.6 Å². The summed E-state index contributed by atoms with van der Waals surface area (Å²) >= 11 is 1.81. The van der Waals surface area contributed by atoms with Crippen LogP contribution in [0.4, 0.5) is 4.79 Å². The van der Waals surface area contributed by atoms with Gasteiger partial charge in [0.05, 0.1) is 22.8 Å². The first-order valence-electron chi connectivity index (χ1n) is 16.8. The third-order valence-corrected chi connectivity index (χ3v) is 10.9. The van der Waals surface area contributed by atoms with Crippen LogP contribution in [-0.4, -0.2) is 38.2 Å². The Bertz CT molecular complexity index is 1920. The molecule has 1 amide bonds. The number of ether oxygens (including phenoxy) is 1. The van der Waals surface area contributed by atoms with Gasteiger partial charge in [0.2, 0.25) is 0 Å². The molecule has 2 aromatic carbocycles. The zero-order chi connectivity index (χ0) is 31.5. The third-order valence-electron chi connectivity index (χ3n) is 9.75. The minimum absolute atomic E-state index is 0.354. The van der Waals surface area contributed by atoms with E-state index >= 15 is 0 Å². The molecular weight excluding hydrogens is 593 g/mol. The van der Waals surface area contributed by atoms with E-state index in [2.05, 4.69) is 69.1 Å². The van der Waals surface area contributed by atoms with E-state index in [1.807, 2.05) is 32.1 Å². The van der Waals surface area contributed by atoms with Crippen LogP contribution in [0, 0.1) is 0 Å². The summed E-state index contributed by atoms with van der Waals surface area (Å²) in [4.78, 5) is 32.6. The van der Waals surface area contributed by atoms with Crippen molar-refractivity contribution in [3.63, 3.8) is 0 Å². The SMILES string of the molecule is CC(C)(C)OC(=O)NC1(c2nc3ccc(-c4ccc(-c5ccc6c(c5)CCc5[nH]c(C7CCCN7)nc5-6)s4)cc3[nH]2)CCCCC1. The molecule has 5 aromatic rings. The first-order chi connectivity index (χ1) is 22.2. The van der Waals surface area contributed by atoms with Gasteiger partial charge in [-0.05, 0) is 113 Å². The number of carbonyl (C=O) groups excluding carboxylic acids is 1. The molecule has 3 aliphatic rings. The predicted molar refractivity (Wildman–Crippen MR) is 184 cm³/mol. The predicted octanol–water partition coefficient (Wildman–Crippen LogP) is 8.56. The summed E-state index contributed by atoms with van der Waals surface area (Å²) in [5.41, 5.74) is 8.24. The number of carbonyl (C=O) groups is 1. The molecule has 1 saturated carbocycles. The number of H-pyrrole nitrogens is 2. The van der Waals surface area contributed by atoms with Crippen LogP contribution in [-0.2, 0) is 23.1 Å². The molecule has 4 heterocycles. The molecule has 9 heteroatoms. The number of benzene rings is 2. The molecule has 46 heavy (non-hydrogen) atoms. The highest BCUT2D eigenvalue weighted by molar-refractivity contribution is 7.18. The smallest absolute Gasteiger partial charge is 0.408 e. The Morgan fingerprint density at radius 2 is 1.72 bits per heavy atom. The number of aromatic nitrogens is 4. The normalized spacial score (nSPS) is 19.2. The number of thiophene rings is 1. The number of nitrogens with zero attached hydrogens (tertiary/aromatic N) is 2. The highest BCUT2D eigenvalue weighted by Crippen LogP contribution is 2.41. The highest BCUT2D eigenvalue weighted by atomic mass is 32.1. The first-order valence-corrected chi connectivity index (χ1v) is 17.6. The Hall–Kier alpha value is -3.95. The van der Waals surface area contributed by atoms with Crippen LogP contribution in [0.5, 0.6) is 0 Å². The molecule has 1 aliphatic heterocycles. The Morgan fingerprint density at radius 3 is 2.48 bits per heavy atom. The lowest BCUT2D eigenvalue weighted by molar-refractivity contribution is 0.0412. The van der Waals surface area contributed by atoms with Gasteiger partial charge >= 0.3 is 6.09 Å². The Morgan fingerprint density at radius 1 is 0.935 bits per heavy atom. The van der Waals surface area contributed by atoms with E-state index in [0.29, 0.717) is 6.04 Å². The Labute approximate surface area is 273 Å². The van der Waals surface area contributed by atoms with Gasteiger partial charge < -0.3 is 25.3 Å². The summed E-state index contributed by atoms with van der Waals surface area (Å²) in [5.74, 6) is 1.91. The second kappa shape index (κ2) is 11.4. The average Bonchev–Trinajstić information content (AvgIpc) is 3.85. The van der Waals surface area contributed by atoms with Gasteiger partial charge in [-0.25, -0.2) is 14.8 Å². The maximum Gasteiger partial charge on any atom is 0.408 e. The number of fused-ring (bicyclic) bond motifs is 4. The molecule has 0 radical (unpaired) electrons. The largest absolute Gasteiger partial charge is 0.444 e. The number of aromatic amines is 2. The Kier molecular flexibility index (Phi) is 7.29. The van der Waals surface area contributed by atoms with Crippen LogP contribution < -0.4 is 10.6 Å². The lowest BCUT2D eigenvalue weighted by atomic mass is 9.81. The molecule has 1 saturated heterocycles. The number of imidazole rings is 2. The van der Waals surface area contributed by atoms with E-state index in [-0.39, 0.29) is 6.09 Å². The van der Waals surface area contributed by atoms with Gasteiger partial charge in [-0.3, -0.25) is 0 Å². The van der Waals surface area contributed by atoms with Gasteiger partial charge in [0.1, 0.15) is 22.8 Å². The number of hydrogen-bond acceptors (Lipinski definition) is 6. The van der Waals surface area contributed by atoms with E-state index in [4.69, 9.17) is 14.7 Å². The zero-order valence-corrected chi connectivity index (χ0v) is 27.7. The summed E-state index contributed by atoms with van der Waals surface area (Å²) in [5, 5.41) is 6.79. The van der Waals surface area contributed by atoms with E-state index in [0.717, 1.165) is 91.9 Å². The van der Waals surface area contributed by atoms with E-state index in [9.17, 15) is 4.79 Å². The van der Waals surface area contributed by atoms with Gasteiger partial charge in [-0.2, -0.15) is 0 Å². The van der Waals surface area contributed by atoms with Crippen molar-refractivity contribution in [3.8, 4) is 32.1 Å². The average molecular weight is 635 g/mol. The maximum atomic E-state index is 12.9. The van der Waals surface area contributed by atoms with Gasteiger partial charge in [-0.15, -0.1) is 11.3 Å². The summed E-state index contributed by atoms with van der Waals surface area (Å²) in [6.07, 6.45) is 8.93. The fourth-order valence-corrected chi connectivity index (χ4v) is 8.47. The molecule has 2 aliphatic carbocycles. The second-order valence-corrected chi connectivity index (χ2v) is 15.3. The molecule has 1 atom stereocenters. The van der Waals surface area contributed by atoms with Crippen LogP contribution in [0.15, 0.2) is 48.5 Å². The quantitative estimate of drug-likeness (QED) is 0.155. The fourth-order valence-electron chi connectivity index (χ4n) is 7.47. The molecule has 8 rings (SSSR count). The molecule has 1 unspecified atom stereocenters. The van der Waals surface area contributed by atoms with E-state index in [1.165, 1.54) is 38.6 Å². The second-order valence-electron chi connectivity index (χ2n) is 14.2. The van der Waals surface area contributed by atoms with E-state index in [1.54, 1.807) is 0 Å². The summed E-state index contributed by atoms with van der Waals surface area (Å²) < 4.78 is 5.65. The van der Waals surface area contributed by atoms with Crippen molar-refractivity contribution in [1.29, 1.82) is 0 Å². The monoisotopic (exact) mass is 634 g/mol. The molecule has 0 bridgehead atoms. The van der Waals surface area contributed by atoms with Crippen LogP contribution in [0.1, 0.15) is 94.7 Å². The van der Waals surface area contributed by atoms with Crippen molar-refractivity contribution in [2.45, 2.75) is 95.7 Å². The number of nitrogens with one attached hydrogen (secondary N) is 4. The topological polar surface area (TPSA) is 108 Å². The van der Waals surface area contributed by atoms with Gasteiger partial charge in [0.15, 0.2) is 0 Å². The summed E-state index contributed by atoms with van der Waals surface area (Å²) in [7, 11) is 0. The van der Waals surface area contributed by atoms with Gasteiger partial charge in [-0.1, -0.05) is 37.5 Å². The fraction of sp³-hybridized carbons (Fsp3) is 0.432. The Balaban J connectivity index is 1.05. The van der Waals surface area contributed by atoms with Crippen LogP contribution in [0.3, 0.4) is 0 Å².